The second-order valence-corrected chi connectivity index (χ2v) is 5.36. The molecule has 10 nitrogen and oxygen atoms in total. The maximum atomic E-state index is 12.5. The van der Waals surface area contributed by atoms with Crippen LogP contribution in [0.3, 0.4) is 0 Å². The zero-order chi connectivity index (χ0) is 18.7. The number of imidazole rings is 1. The maximum absolute atomic E-state index is 12.5. The van der Waals surface area contributed by atoms with E-state index < -0.39 is 29.9 Å². The number of aromatic amines is 1. The third kappa shape index (κ3) is 8.43. The molecule has 0 bridgehead atoms. The van der Waals surface area contributed by atoms with E-state index in [1.807, 2.05) is 0 Å². The number of esters is 1. The molecule has 2 atom stereocenters. The molecule has 1 aromatic rings. The zero-order valence-electron chi connectivity index (χ0n) is 14.5. The second kappa shape index (κ2) is 13.3. The number of aromatic nitrogens is 2. The van der Waals surface area contributed by atoms with Gasteiger partial charge in [0.2, 0.25) is 5.91 Å². The van der Waals surface area contributed by atoms with Crippen LogP contribution < -0.4 is 16.2 Å². The minimum Gasteiger partial charge on any atom is -0.861 e. The molecule has 5 N–H and O–H groups in total. The summed E-state index contributed by atoms with van der Waals surface area (Å²) < 4.78 is 4.68. The van der Waals surface area contributed by atoms with E-state index in [4.69, 9.17) is 11.5 Å². The van der Waals surface area contributed by atoms with Gasteiger partial charge in [-0.2, -0.15) is 6.54 Å². The van der Waals surface area contributed by atoms with Gasteiger partial charge in [-0.3, -0.25) is 9.79 Å². The van der Waals surface area contributed by atoms with Crippen LogP contribution in [0.2, 0.25) is 0 Å². The minimum atomic E-state index is -0.958. The van der Waals surface area contributed by atoms with Gasteiger partial charge >= 0.3 is 23.0 Å². The van der Waals surface area contributed by atoms with Gasteiger partial charge < -0.3 is 31.6 Å². The van der Waals surface area contributed by atoms with Crippen LogP contribution in [0.25, 0.3) is 5.73 Å². The number of amides is 1. The Hall–Kier alpha value is -1.94. The first kappa shape index (κ1) is 24.1. The number of carbonyl (C=O) groups excluding carboxylic acids is 2. The quantitative estimate of drug-likeness (QED) is 0.136. The number of carbonyl (C=O) groups is 2. The van der Waals surface area contributed by atoms with Gasteiger partial charge in [0.25, 0.3) is 0 Å². The van der Waals surface area contributed by atoms with E-state index in [9.17, 15) is 14.7 Å². The number of methoxy groups -OCH3 is 1. The molecule has 1 rings (SSSR count). The topological polar surface area (TPSA) is 169 Å². The van der Waals surface area contributed by atoms with Crippen molar-refractivity contribution in [2.45, 2.75) is 37.8 Å². The number of H-pyrrole nitrogens is 1. The van der Waals surface area contributed by atoms with E-state index in [0.717, 1.165) is 0 Å². The van der Waals surface area contributed by atoms with Crippen molar-refractivity contribution >= 4 is 17.8 Å². The van der Waals surface area contributed by atoms with Gasteiger partial charge in [-0.15, -0.1) is 0 Å². The van der Waals surface area contributed by atoms with Crippen LogP contribution in [0.1, 0.15) is 25.0 Å². The number of unbranched alkanes of at least 4 members (excludes halogenated alkanes) is 1. The summed E-state index contributed by atoms with van der Waals surface area (Å²) in [5, 5.41) is 15.0. The Balaban J connectivity index is 0.00000625. The molecule has 1 radical (unpaired) electrons. The molecule has 0 saturated heterocycles. The summed E-state index contributed by atoms with van der Waals surface area (Å²) in [6, 6.07) is -1.91. The van der Waals surface area contributed by atoms with Crippen molar-refractivity contribution in [1.29, 1.82) is 0 Å². The number of hydrogen-bond donors (Lipinski definition) is 3. The molecule has 0 aliphatic rings. The van der Waals surface area contributed by atoms with Crippen molar-refractivity contribution in [1.82, 2.24) is 15.3 Å². The summed E-state index contributed by atoms with van der Waals surface area (Å²) >= 11 is 0. The van der Waals surface area contributed by atoms with Crippen LogP contribution in [-0.2, 0) is 37.8 Å². The first-order valence-corrected chi connectivity index (χ1v) is 7.95. The zero-order valence-corrected chi connectivity index (χ0v) is 15.4. The minimum absolute atomic E-state index is 0. The third-order valence-electron chi connectivity index (χ3n) is 3.46. The van der Waals surface area contributed by atoms with Gasteiger partial charge in [-0.1, -0.05) is 12.8 Å². The maximum Gasteiger partial charge on any atom is 2.00 e. The standard InChI is InChI=1S/C15H25N6O4.Cu/c1-25-15(24)11(4-2-3-5-16)21-14(23)12(20-13(22)7-17)6-10-8-18-9-19-10;/h8-9,11-12,16H,2-7,17H2,1H3,(H,18,19)(H,20,22)(H,21,23);/q-1;+2/p-1/t11-,12-;/m0./s1. The van der Waals surface area contributed by atoms with E-state index in [1.54, 1.807) is 0 Å². The molecule has 0 aliphatic carbocycles. The summed E-state index contributed by atoms with van der Waals surface area (Å²) in [5.41, 5.74) is 13.0. The van der Waals surface area contributed by atoms with Crippen LogP contribution in [0.5, 0.6) is 0 Å². The number of nitrogens with one attached hydrogen (secondary N) is 3. The van der Waals surface area contributed by atoms with Crippen molar-refractivity contribution in [3.05, 3.63) is 24.0 Å². The molecule has 0 fully saturated rings. The van der Waals surface area contributed by atoms with Gasteiger partial charge in [0.1, 0.15) is 6.04 Å². The van der Waals surface area contributed by atoms with E-state index in [1.165, 1.54) is 19.6 Å². The first-order chi connectivity index (χ1) is 12.0. The number of ether oxygens (including phenoxy) is 1. The van der Waals surface area contributed by atoms with Crippen LogP contribution >= 0.6 is 0 Å². The molecule has 0 aliphatic heterocycles. The van der Waals surface area contributed by atoms with Crippen molar-refractivity contribution in [2.24, 2.45) is 10.7 Å². The number of nitrogens with two attached hydrogens (primary N) is 1. The predicted octanol–water partition coefficient (Wildman–Crippen LogP) is -1.08. The Morgan fingerprint density at radius 2 is 2.23 bits per heavy atom. The summed E-state index contributed by atoms with van der Waals surface area (Å²) in [7, 11) is 1.22. The molecular weight excluding hydrogens is 392 g/mol. The van der Waals surface area contributed by atoms with Crippen molar-refractivity contribution in [3.63, 3.8) is 0 Å². The number of rotatable bonds is 11. The second-order valence-electron chi connectivity index (χ2n) is 5.36. The van der Waals surface area contributed by atoms with Gasteiger partial charge in [0, 0.05) is 18.3 Å². The van der Waals surface area contributed by atoms with E-state index in [-0.39, 0.29) is 36.6 Å². The monoisotopic (exact) mass is 415 g/mol. The third-order valence-corrected chi connectivity index (χ3v) is 3.46. The van der Waals surface area contributed by atoms with Crippen molar-refractivity contribution in [2.75, 3.05) is 20.2 Å². The molecular formula is C15H24CuN6O4. The van der Waals surface area contributed by atoms with E-state index >= 15 is 0 Å². The van der Waals surface area contributed by atoms with Crippen molar-refractivity contribution < 1.29 is 36.5 Å². The summed E-state index contributed by atoms with van der Waals surface area (Å²) in [5.74, 6) is -1.77. The molecule has 0 aromatic carbocycles. The summed E-state index contributed by atoms with van der Waals surface area (Å²) in [6.45, 7) is -0.0342. The SMILES string of the molecule is COC(=O)[C@H](CCCC[NH-])N=C([O-])[C@H](Cc1cnc[nH]1)NC(=O)CN.[Cu+2]. The number of nitrogens with zero attached hydrogens (tertiary/aromatic N) is 2. The van der Waals surface area contributed by atoms with Crippen LogP contribution in [-0.4, -0.2) is 60.0 Å². The first-order valence-electron chi connectivity index (χ1n) is 7.95. The Morgan fingerprint density at radius 1 is 1.50 bits per heavy atom. The van der Waals surface area contributed by atoms with Gasteiger partial charge in [0.15, 0.2) is 0 Å². The van der Waals surface area contributed by atoms with Crippen LogP contribution in [0.4, 0.5) is 0 Å². The predicted molar refractivity (Wildman–Crippen MR) is 89.6 cm³/mol. The Labute approximate surface area is 162 Å². The van der Waals surface area contributed by atoms with Gasteiger partial charge in [0.05, 0.1) is 26.0 Å². The van der Waals surface area contributed by atoms with E-state index in [2.05, 4.69) is 25.0 Å². The Kier molecular flexibility index (Phi) is 12.3. The average molecular weight is 416 g/mol. The molecule has 149 valence electrons. The number of hydrogen-bond acceptors (Lipinski definition) is 7. The normalized spacial score (nSPS) is 13.4. The molecule has 0 spiro atoms. The molecule has 26 heavy (non-hydrogen) atoms. The van der Waals surface area contributed by atoms with Crippen molar-refractivity contribution in [3.8, 4) is 0 Å². The molecule has 0 saturated carbocycles. The molecule has 0 unspecified atom stereocenters. The molecule has 1 amide bonds. The molecule has 1 heterocycles. The fourth-order valence-electron chi connectivity index (χ4n) is 2.15. The van der Waals surface area contributed by atoms with E-state index in [0.29, 0.717) is 25.0 Å². The fourth-order valence-corrected chi connectivity index (χ4v) is 2.15. The summed E-state index contributed by atoms with van der Waals surface area (Å²) in [4.78, 5) is 34.0. The van der Waals surface area contributed by atoms with Gasteiger partial charge in [-0.25, -0.2) is 9.78 Å². The fraction of sp³-hybridized carbons (Fsp3) is 0.600. The summed E-state index contributed by atoms with van der Waals surface area (Å²) in [6.07, 6.45) is 4.60. The Bertz CT molecular complexity index is 566. The molecule has 1 aromatic heterocycles. The Morgan fingerprint density at radius 3 is 2.77 bits per heavy atom. The molecule has 11 heteroatoms. The van der Waals surface area contributed by atoms with Crippen LogP contribution in [0, 0.1) is 0 Å². The smallest absolute Gasteiger partial charge is 0.861 e. The number of aliphatic imine (C=N–C) groups is 1. The van der Waals surface area contributed by atoms with Gasteiger partial charge in [-0.05, 0) is 12.3 Å². The largest absolute Gasteiger partial charge is 2.00 e. The van der Waals surface area contributed by atoms with Crippen LogP contribution in [0.15, 0.2) is 17.5 Å². The average Bonchev–Trinajstić information content (AvgIpc) is 3.12.